The van der Waals surface area contributed by atoms with Gasteiger partial charge in [0.1, 0.15) is 0 Å². The van der Waals surface area contributed by atoms with Crippen LogP contribution in [0, 0.1) is 29.9 Å². The molecule has 0 unspecified atom stereocenters. The van der Waals surface area contributed by atoms with E-state index in [4.69, 9.17) is 4.74 Å². The number of esters is 1. The molecular formula is C21H21N3O6. The monoisotopic (exact) mass is 411 g/mol. The number of carbonyl (C=O) groups excluding carboxylic acids is 3. The van der Waals surface area contributed by atoms with Gasteiger partial charge in [-0.3, -0.25) is 24.5 Å². The average Bonchev–Trinajstić information content (AvgIpc) is 3.11. The minimum Gasteiger partial charge on any atom is -0.455 e. The lowest BCUT2D eigenvalue weighted by atomic mass is 10.1. The van der Waals surface area contributed by atoms with Gasteiger partial charge in [0.05, 0.1) is 16.5 Å². The van der Waals surface area contributed by atoms with E-state index in [-0.39, 0.29) is 24.6 Å². The maximum atomic E-state index is 12.3. The normalized spacial score (nSPS) is 15.7. The Morgan fingerprint density at radius 1 is 1.20 bits per heavy atom. The van der Waals surface area contributed by atoms with Crippen molar-refractivity contribution in [1.82, 2.24) is 0 Å². The second kappa shape index (κ2) is 8.73. The number of nitrogens with zero attached hydrogens (tertiary/aromatic N) is 2. The van der Waals surface area contributed by atoms with Crippen LogP contribution in [0.4, 0.5) is 17.1 Å². The number of nitro benzene ring substituents is 1. The van der Waals surface area contributed by atoms with E-state index >= 15 is 0 Å². The van der Waals surface area contributed by atoms with Crippen molar-refractivity contribution in [3.63, 3.8) is 0 Å². The lowest BCUT2D eigenvalue weighted by molar-refractivity contribution is -0.384. The molecule has 1 aliphatic rings. The van der Waals surface area contributed by atoms with Crippen molar-refractivity contribution in [2.24, 2.45) is 5.92 Å². The summed E-state index contributed by atoms with van der Waals surface area (Å²) in [5.41, 5.74) is 2.92. The Balaban J connectivity index is 1.55. The number of ether oxygens (including phenoxy) is 1. The number of hydrogen-bond donors (Lipinski definition) is 1. The van der Waals surface area contributed by atoms with Crippen LogP contribution in [0.2, 0.25) is 0 Å². The van der Waals surface area contributed by atoms with Crippen molar-refractivity contribution in [3.8, 4) is 0 Å². The van der Waals surface area contributed by atoms with Gasteiger partial charge in [-0.2, -0.15) is 0 Å². The highest BCUT2D eigenvalue weighted by Crippen LogP contribution is 2.28. The van der Waals surface area contributed by atoms with Crippen molar-refractivity contribution >= 4 is 34.8 Å². The number of rotatable bonds is 6. The first-order chi connectivity index (χ1) is 14.2. The standard InChI is InChI=1S/C21H21N3O6/c1-13-6-7-16(8-14(13)2)22-19(25)12-30-21(27)15-9-20(26)23(11-15)17-4-3-5-18(10-17)24(28)29/h3-8,10,15H,9,11-12H2,1-2H3,(H,22,25)/t15-/m0/s1. The SMILES string of the molecule is Cc1ccc(NC(=O)COC(=O)[C@H]2CC(=O)N(c3cccc([N+](=O)[O-])c3)C2)cc1C. The van der Waals surface area contributed by atoms with Gasteiger partial charge < -0.3 is 15.0 Å². The summed E-state index contributed by atoms with van der Waals surface area (Å²) >= 11 is 0. The minimum atomic E-state index is -0.744. The summed E-state index contributed by atoms with van der Waals surface area (Å²) < 4.78 is 5.07. The largest absolute Gasteiger partial charge is 0.455 e. The molecule has 0 saturated carbocycles. The number of hydrogen-bond acceptors (Lipinski definition) is 6. The highest BCUT2D eigenvalue weighted by Gasteiger charge is 2.36. The zero-order chi connectivity index (χ0) is 21.8. The van der Waals surface area contributed by atoms with E-state index in [2.05, 4.69) is 5.32 Å². The number of nitrogens with one attached hydrogen (secondary N) is 1. The maximum Gasteiger partial charge on any atom is 0.311 e. The summed E-state index contributed by atoms with van der Waals surface area (Å²) in [5.74, 6) is -2.22. The van der Waals surface area contributed by atoms with E-state index in [1.807, 2.05) is 26.0 Å². The fourth-order valence-electron chi connectivity index (χ4n) is 3.16. The average molecular weight is 411 g/mol. The Labute approximate surface area is 172 Å². The lowest BCUT2D eigenvalue weighted by Crippen LogP contribution is -2.28. The molecule has 156 valence electrons. The summed E-state index contributed by atoms with van der Waals surface area (Å²) in [4.78, 5) is 48.3. The van der Waals surface area contributed by atoms with Crippen LogP contribution in [-0.4, -0.2) is 35.9 Å². The van der Waals surface area contributed by atoms with Gasteiger partial charge in [0.2, 0.25) is 5.91 Å². The number of benzene rings is 2. The van der Waals surface area contributed by atoms with Crippen LogP contribution in [-0.2, 0) is 19.1 Å². The van der Waals surface area contributed by atoms with E-state index < -0.39 is 29.3 Å². The van der Waals surface area contributed by atoms with Crippen LogP contribution >= 0.6 is 0 Å². The van der Waals surface area contributed by atoms with E-state index in [1.165, 1.54) is 23.1 Å². The van der Waals surface area contributed by atoms with Crippen molar-refractivity contribution in [2.45, 2.75) is 20.3 Å². The van der Waals surface area contributed by atoms with Crippen molar-refractivity contribution in [3.05, 3.63) is 63.7 Å². The molecule has 0 aromatic heterocycles. The fraction of sp³-hybridized carbons (Fsp3) is 0.286. The van der Waals surface area contributed by atoms with Crippen LogP contribution in [0.15, 0.2) is 42.5 Å². The molecule has 1 saturated heterocycles. The summed E-state index contributed by atoms with van der Waals surface area (Å²) in [6, 6.07) is 11.1. The van der Waals surface area contributed by atoms with Crippen molar-refractivity contribution < 1.29 is 24.0 Å². The Morgan fingerprint density at radius 2 is 1.97 bits per heavy atom. The predicted octanol–water partition coefficient (Wildman–Crippen LogP) is 2.75. The number of nitro groups is 1. The molecule has 1 heterocycles. The molecule has 2 aromatic carbocycles. The highest BCUT2D eigenvalue weighted by atomic mass is 16.6. The maximum absolute atomic E-state index is 12.3. The van der Waals surface area contributed by atoms with E-state index in [1.54, 1.807) is 12.1 Å². The molecule has 0 radical (unpaired) electrons. The molecular weight excluding hydrogens is 390 g/mol. The zero-order valence-electron chi connectivity index (χ0n) is 16.6. The van der Waals surface area contributed by atoms with Crippen LogP contribution in [0.25, 0.3) is 0 Å². The Morgan fingerprint density at radius 3 is 2.67 bits per heavy atom. The molecule has 9 heteroatoms. The zero-order valence-corrected chi connectivity index (χ0v) is 16.6. The number of non-ortho nitro benzene ring substituents is 1. The van der Waals surface area contributed by atoms with Gasteiger partial charge in [-0.15, -0.1) is 0 Å². The molecule has 1 fully saturated rings. The minimum absolute atomic E-state index is 0.0393. The molecule has 1 N–H and O–H groups in total. The molecule has 2 amide bonds. The second-order valence-electron chi connectivity index (χ2n) is 7.14. The van der Waals surface area contributed by atoms with Crippen molar-refractivity contribution in [1.29, 1.82) is 0 Å². The number of amides is 2. The third-order valence-electron chi connectivity index (χ3n) is 4.95. The van der Waals surface area contributed by atoms with Gasteiger partial charge in [-0.1, -0.05) is 12.1 Å². The molecule has 9 nitrogen and oxygen atoms in total. The van der Waals surface area contributed by atoms with Crippen LogP contribution < -0.4 is 10.2 Å². The third kappa shape index (κ3) is 4.80. The van der Waals surface area contributed by atoms with Gasteiger partial charge in [0, 0.05) is 30.8 Å². The number of carbonyl (C=O) groups is 3. The smallest absolute Gasteiger partial charge is 0.311 e. The quantitative estimate of drug-likeness (QED) is 0.443. The van der Waals surface area contributed by atoms with Gasteiger partial charge in [-0.05, 0) is 43.2 Å². The Bertz CT molecular complexity index is 1020. The molecule has 2 aromatic rings. The summed E-state index contributed by atoms with van der Waals surface area (Å²) in [5, 5.41) is 13.6. The molecule has 0 spiro atoms. The molecule has 0 aliphatic carbocycles. The van der Waals surface area contributed by atoms with E-state index in [9.17, 15) is 24.5 Å². The summed E-state index contributed by atoms with van der Waals surface area (Å²) in [6.45, 7) is 3.46. The predicted molar refractivity (Wildman–Crippen MR) is 109 cm³/mol. The topological polar surface area (TPSA) is 119 Å². The highest BCUT2D eigenvalue weighted by molar-refractivity contribution is 6.00. The second-order valence-corrected chi connectivity index (χ2v) is 7.14. The third-order valence-corrected chi connectivity index (χ3v) is 4.95. The molecule has 30 heavy (non-hydrogen) atoms. The molecule has 1 aliphatic heterocycles. The van der Waals surface area contributed by atoms with Crippen molar-refractivity contribution in [2.75, 3.05) is 23.4 Å². The summed E-state index contributed by atoms with van der Waals surface area (Å²) in [7, 11) is 0. The van der Waals surface area contributed by atoms with Gasteiger partial charge in [-0.25, -0.2) is 0 Å². The van der Waals surface area contributed by atoms with Gasteiger partial charge in [0.15, 0.2) is 6.61 Å². The van der Waals surface area contributed by atoms with Crippen LogP contribution in [0.5, 0.6) is 0 Å². The van der Waals surface area contributed by atoms with Crippen LogP contribution in [0.3, 0.4) is 0 Å². The van der Waals surface area contributed by atoms with E-state index in [0.29, 0.717) is 11.4 Å². The molecule has 0 bridgehead atoms. The first kappa shape index (κ1) is 21.0. The molecule has 1 atom stereocenters. The fourth-order valence-corrected chi connectivity index (χ4v) is 3.16. The Kier molecular flexibility index (Phi) is 6.10. The number of aryl methyl sites for hydroxylation is 2. The first-order valence-electron chi connectivity index (χ1n) is 9.33. The summed E-state index contributed by atoms with van der Waals surface area (Å²) in [6.07, 6.45) is -0.0830. The van der Waals surface area contributed by atoms with Gasteiger partial charge >= 0.3 is 5.97 Å². The van der Waals surface area contributed by atoms with Gasteiger partial charge in [0.25, 0.3) is 11.6 Å². The Hall–Kier alpha value is -3.75. The van der Waals surface area contributed by atoms with Crippen LogP contribution in [0.1, 0.15) is 17.5 Å². The van der Waals surface area contributed by atoms with E-state index in [0.717, 1.165) is 11.1 Å². The number of anilines is 2. The first-order valence-corrected chi connectivity index (χ1v) is 9.33. The molecule has 3 rings (SSSR count). The lowest BCUT2D eigenvalue weighted by Gasteiger charge is -2.16.